The van der Waals surface area contributed by atoms with E-state index in [0.717, 1.165) is 62.3 Å². The zero-order chi connectivity index (χ0) is 62.2. The topological polar surface area (TPSA) is 182 Å². The highest BCUT2D eigenvalue weighted by atomic mass is 32.3. The van der Waals surface area contributed by atoms with E-state index in [1.165, 1.54) is 22.3 Å². The normalized spacial score (nSPS) is 11.8. The van der Waals surface area contributed by atoms with Crippen LogP contribution in [-0.4, -0.2) is 54.4 Å². The van der Waals surface area contributed by atoms with Crippen molar-refractivity contribution in [2.75, 3.05) is 30.8 Å². The van der Waals surface area contributed by atoms with Crippen molar-refractivity contribution in [1.29, 1.82) is 0 Å². The van der Waals surface area contributed by atoms with Crippen LogP contribution in [0.15, 0.2) is 255 Å². The van der Waals surface area contributed by atoms with Gasteiger partial charge in [-0.1, -0.05) is 183 Å². The number of anilines is 2. The van der Waals surface area contributed by atoms with Crippen molar-refractivity contribution >= 4 is 71.9 Å². The van der Waals surface area contributed by atoms with Gasteiger partial charge in [0.25, 0.3) is 20.0 Å². The predicted octanol–water partition coefficient (Wildman–Crippen LogP) is 15.6. The Morgan fingerprint density at radius 1 is 0.551 bits per heavy atom. The van der Waals surface area contributed by atoms with Gasteiger partial charge in [-0.05, 0) is 52.6 Å². The summed E-state index contributed by atoms with van der Waals surface area (Å²) in [6.07, 6.45) is -0.118. The summed E-state index contributed by atoms with van der Waals surface area (Å²) in [6.45, 7) is 2.28. The molecule has 1 amide bonds. The smallest absolute Gasteiger partial charge is 0.407 e. The van der Waals surface area contributed by atoms with E-state index in [-0.39, 0.29) is 47.4 Å². The monoisotopic (exact) mass is 1250 g/mol. The summed E-state index contributed by atoms with van der Waals surface area (Å²) in [5.74, 6) is -10.2. The van der Waals surface area contributed by atoms with Gasteiger partial charge in [0.2, 0.25) is 0 Å². The lowest BCUT2D eigenvalue weighted by Crippen LogP contribution is -2.33. The Morgan fingerprint density at radius 2 is 1.08 bits per heavy atom. The van der Waals surface area contributed by atoms with Crippen molar-refractivity contribution in [2.45, 2.75) is 14.7 Å². The highest BCUT2D eigenvalue weighted by molar-refractivity contribution is 8.04. The van der Waals surface area contributed by atoms with E-state index < -0.39 is 82.4 Å². The molecule has 0 unspecified atom stereocenters. The lowest BCUT2D eigenvalue weighted by Gasteiger charge is -2.20. The Bertz CT molecular complexity index is 4630. The van der Waals surface area contributed by atoms with E-state index in [9.17, 15) is 26.4 Å². The Kier molecular flexibility index (Phi) is 18.0. The molecule has 1 aliphatic carbocycles. The van der Waals surface area contributed by atoms with Crippen molar-refractivity contribution < 1.29 is 57.9 Å². The number of esters is 1. The van der Waals surface area contributed by atoms with Crippen LogP contribution in [0, 0.1) is 23.3 Å². The van der Waals surface area contributed by atoms with Crippen LogP contribution in [0.4, 0.5) is 39.4 Å². The first-order valence-corrected chi connectivity index (χ1v) is 31.4. The highest BCUT2D eigenvalue weighted by Crippen LogP contribution is 2.46. The highest BCUT2D eigenvalue weighted by Gasteiger charge is 2.37. The number of amides is 1. The molecular weight excluding hydrogens is 1200 g/mol. The van der Waals surface area contributed by atoms with Gasteiger partial charge in [0.1, 0.15) is 24.6 Å². The molecule has 1 aliphatic heterocycles. The van der Waals surface area contributed by atoms with Gasteiger partial charge >= 0.3 is 12.1 Å². The maximum atomic E-state index is 16.0. The van der Waals surface area contributed by atoms with Gasteiger partial charge in [-0.25, -0.2) is 49.0 Å². The molecule has 0 bridgehead atoms. The van der Waals surface area contributed by atoms with Gasteiger partial charge in [-0.3, -0.25) is 0 Å². The van der Waals surface area contributed by atoms with Gasteiger partial charge < -0.3 is 24.5 Å². The summed E-state index contributed by atoms with van der Waals surface area (Å²) >= 11 is 0.144. The Labute approximate surface area is 513 Å². The SMILES string of the molecule is C=CC(=O)OCCNC(=O)OCCSc1c(F)c(F)c(S(=O)(=O)NS(=O)(=O)c2ccccc2-c2c3ccc(=Nc4c(-c5ccccc5)cccc4-c4ccccc4)cc-3oc3cc(Nc4c(-c5ccccc5)cccc4-c4ccccc4)ccc23)c(F)c1F. The van der Waals surface area contributed by atoms with Gasteiger partial charge in [0.15, 0.2) is 28.2 Å². The number of para-hydroxylation sites is 2. The van der Waals surface area contributed by atoms with Crippen LogP contribution in [-0.2, 0) is 34.3 Å². The van der Waals surface area contributed by atoms with Crippen LogP contribution in [0.25, 0.3) is 77.9 Å². The van der Waals surface area contributed by atoms with Crippen LogP contribution >= 0.6 is 11.8 Å². The molecule has 0 aromatic heterocycles. The Morgan fingerprint density at radius 3 is 1.65 bits per heavy atom. The maximum Gasteiger partial charge on any atom is 0.407 e. The molecule has 13 nitrogen and oxygen atoms in total. The number of alkyl carbamates (subject to hydrolysis) is 1. The quantitative estimate of drug-likeness (QED) is 0.0126. The van der Waals surface area contributed by atoms with Gasteiger partial charge in [0.05, 0.1) is 33.1 Å². The van der Waals surface area contributed by atoms with Crippen molar-refractivity contribution in [3.8, 4) is 67.0 Å². The van der Waals surface area contributed by atoms with Crippen molar-refractivity contribution in [3.05, 3.63) is 260 Å². The number of fused-ring (bicyclic) bond motifs is 2. The summed E-state index contributed by atoms with van der Waals surface area (Å²) in [5, 5.41) is 6.67. The summed E-state index contributed by atoms with van der Waals surface area (Å²) in [6, 6.07) is 66.7. The molecule has 0 fully saturated rings. The third-order valence-corrected chi connectivity index (χ3v) is 18.7. The van der Waals surface area contributed by atoms with Crippen LogP contribution in [0.3, 0.4) is 0 Å². The fourth-order valence-electron chi connectivity index (χ4n) is 10.1. The third-order valence-electron chi connectivity index (χ3n) is 14.1. The summed E-state index contributed by atoms with van der Waals surface area (Å²) in [7, 11) is -11.5. The summed E-state index contributed by atoms with van der Waals surface area (Å²) in [5.41, 5.74) is 9.73. The molecule has 0 atom stereocenters. The second-order valence-corrected chi connectivity index (χ2v) is 24.4. The van der Waals surface area contributed by atoms with Crippen molar-refractivity contribution in [3.63, 3.8) is 0 Å². The molecule has 446 valence electrons. The van der Waals surface area contributed by atoms with Crippen molar-refractivity contribution in [1.82, 2.24) is 9.44 Å². The van der Waals surface area contributed by atoms with E-state index in [1.54, 1.807) is 36.4 Å². The predicted molar refractivity (Wildman–Crippen MR) is 336 cm³/mol. The molecule has 0 saturated heterocycles. The minimum Gasteiger partial charge on any atom is -0.461 e. The van der Waals surface area contributed by atoms with E-state index in [4.69, 9.17) is 18.9 Å². The molecule has 3 N–H and O–H groups in total. The number of thioether (sulfide) groups is 1. The number of ether oxygens (including phenoxy) is 2. The zero-order valence-corrected chi connectivity index (χ0v) is 49.2. The standard InChI is InChI=1S/C69H50F4N4O9S3/c1-2-59(78)84-38-37-74-69(79)85-39-40-87-67-61(70)63(72)68(64(73)62(67)71)89(82,83)77-88(80,81)58-32-16-15-27-55(58)60-53-35-33-47(75-65-49(43-19-7-3-8-20-43)28-17-29-50(65)44-21-9-4-10-22-44)41-56(53)86-57-42-48(34-36-54(57)60)76-66-51(45-23-11-5-12-24-45)30-18-31-52(66)46-25-13-6-14-26-46/h2-36,41-42,75,77H,1,37-40H2,(H,74,79). The molecule has 0 radical (unpaired) electrons. The average Bonchev–Trinajstić information content (AvgIpc) is 0.830. The molecule has 2 aliphatic rings. The number of hydrogen-bond acceptors (Lipinski definition) is 12. The second-order valence-electron chi connectivity index (χ2n) is 19.8. The molecule has 9 aromatic carbocycles. The first kappa shape index (κ1) is 60.6. The van der Waals surface area contributed by atoms with E-state index in [2.05, 4.69) is 17.2 Å². The first-order chi connectivity index (χ1) is 43.1. The average molecular weight is 1250 g/mol. The fraction of sp³-hybridized carbons (Fsp3) is 0.0580. The summed E-state index contributed by atoms with van der Waals surface area (Å²) < 4.78 is 139. The fourth-order valence-corrected chi connectivity index (χ4v) is 14.2. The first-order valence-electron chi connectivity index (χ1n) is 27.5. The minimum absolute atomic E-state index is 0.106. The molecule has 0 saturated carbocycles. The van der Waals surface area contributed by atoms with E-state index in [0.29, 0.717) is 27.7 Å². The van der Waals surface area contributed by atoms with Gasteiger partial charge in [0, 0.05) is 74.0 Å². The van der Waals surface area contributed by atoms with Gasteiger partial charge in [-0.15, -0.1) is 15.9 Å². The van der Waals surface area contributed by atoms with Crippen LogP contribution in [0.5, 0.6) is 0 Å². The molecule has 11 rings (SSSR count). The number of hydrogen-bond donors (Lipinski definition) is 3. The number of nitrogens with one attached hydrogen (secondary N) is 3. The summed E-state index contributed by atoms with van der Waals surface area (Å²) in [4.78, 5) is 24.2. The minimum atomic E-state index is -6.02. The molecule has 0 spiro atoms. The Balaban J connectivity index is 1.01. The number of sulfonamides is 2. The molecule has 20 heteroatoms. The molecule has 9 aromatic rings. The lowest BCUT2D eigenvalue weighted by atomic mass is 9.93. The number of rotatable bonds is 20. The third kappa shape index (κ3) is 13.1. The van der Waals surface area contributed by atoms with E-state index in [1.807, 2.05) is 158 Å². The molecule has 89 heavy (non-hydrogen) atoms. The number of nitrogens with zero attached hydrogens (tertiary/aromatic N) is 1. The maximum absolute atomic E-state index is 16.0. The molecule has 1 heterocycles. The number of halogens is 4. The largest absolute Gasteiger partial charge is 0.461 e. The number of benzene rings is 10. The van der Waals surface area contributed by atoms with E-state index >= 15 is 17.6 Å². The number of carbonyl (C=O) groups is 2. The van der Waals surface area contributed by atoms with Gasteiger partial charge in [-0.2, -0.15) is 0 Å². The van der Waals surface area contributed by atoms with Crippen LogP contribution in [0.1, 0.15) is 0 Å². The Hall–Kier alpha value is -10.1. The van der Waals surface area contributed by atoms with Crippen LogP contribution in [0.2, 0.25) is 0 Å². The molecular formula is C69H50F4N4O9S3. The second kappa shape index (κ2) is 26.5. The lowest BCUT2D eigenvalue weighted by molar-refractivity contribution is -0.137. The van der Waals surface area contributed by atoms with Crippen LogP contribution < -0.4 is 20.1 Å². The number of carbonyl (C=O) groups excluding carboxylic acids is 2. The zero-order valence-electron chi connectivity index (χ0n) is 46.8. The van der Waals surface area contributed by atoms with Crippen molar-refractivity contribution in [2.24, 2.45) is 4.99 Å².